The molecule has 3 aliphatic carbocycles. The fourth-order valence-electron chi connectivity index (χ4n) is 3.83. The van der Waals surface area contributed by atoms with Crippen LogP contribution in [0.25, 0.3) is 0 Å². The summed E-state index contributed by atoms with van der Waals surface area (Å²) in [5.74, 6) is -0.344. The van der Waals surface area contributed by atoms with E-state index in [1.165, 1.54) is 19.3 Å². The predicted octanol–water partition coefficient (Wildman–Crippen LogP) is 2.41. The molecule has 2 fully saturated rings. The van der Waals surface area contributed by atoms with Gasteiger partial charge in [0, 0.05) is 11.8 Å². The van der Waals surface area contributed by atoms with Crippen LogP contribution in [0.5, 0.6) is 0 Å². The number of ether oxygens (including phenoxy) is 2. The van der Waals surface area contributed by atoms with Gasteiger partial charge in [-0.1, -0.05) is 31.4 Å². The molecular formula is C16H24O4. The molecule has 3 rings (SSSR count). The van der Waals surface area contributed by atoms with Crippen LogP contribution in [-0.4, -0.2) is 29.6 Å². The van der Waals surface area contributed by atoms with Crippen LogP contribution in [0, 0.1) is 17.8 Å². The first kappa shape index (κ1) is 14.1. The lowest BCUT2D eigenvalue weighted by molar-refractivity contribution is -0.192. The smallest absolute Gasteiger partial charge is 0.311 e. The SMILES string of the molecule is CC(OC(=O)C1CC2C=CC1C2O)OC1CCCCC1. The maximum Gasteiger partial charge on any atom is 0.311 e. The van der Waals surface area contributed by atoms with Gasteiger partial charge in [-0.25, -0.2) is 0 Å². The average Bonchev–Trinajstić information content (AvgIpc) is 2.95. The van der Waals surface area contributed by atoms with Crippen molar-refractivity contribution in [3.63, 3.8) is 0 Å². The van der Waals surface area contributed by atoms with Gasteiger partial charge in [0.25, 0.3) is 0 Å². The number of aliphatic hydroxyl groups excluding tert-OH is 1. The van der Waals surface area contributed by atoms with Crippen molar-refractivity contribution < 1.29 is 19.4 Å². The quantitative estimate of drug-likeness (QED) is 0.488. The second-order valence-corrected chi connectivity index (χ2v) is 6.36. The van der Waals surface area contributed by atoms with Gasteiger partial charge in [-0.2, -0.15) is 0 Å². The average molecular weight is 280 g/mol. The lowest BCUT2D eigenvalue weighted by Crippen LogP contribution is -2.31. The molecule has 0 aliphatic heterocycles. The van der Waals surface area contributed by atoms with Crippen LogP contribution >= 0.6 is 0 Å². The third-order valence-electron chi connectivity index (χ3n) is 4.93. The number of hydrogen-bond acceptors (Lipinski definition) is 4. The number of aliphatic hydroxyl groups is 1. The first-order valence-electron chi connectivity index (χ1n) is 7.87. The van der Waals surface area contributed by atoms with Crippen molar-refractivity contribution in [2.75, 3.05) is 0 Å². The van der Waals surface area contributed by atoms with Crippen LogP contribution in [0.1, 0.15) is 45.4 Å². The highest BCUT2D eigenvalue weighted by atomic mass is 16.7. The molecule has 0 radical (unpaired) electrons. The Morgan fingerprint density at radius 3 is 2.60 bits per heavy atom. The number of esters is 1. The van der Waals surface area contributed by atoms with E-state index in [1.54, 1.807) is 6.92 Å². The summed E-state index contributed by atoms with van der Waals surface area (Å²) >= 11 is 0. The largest absolute Gasteiger partial charge is 0.436 e. The lowest BCUT2D eigenvalue weighted by atomic mass is 9.93. The fourth-order valence-corrected chi connectivity index (χ4v) is 3.83. The molecule has 20 heavy (non-hydrogen) atoms. The van der Waals surface area contributed by atoms with Crippen LogP contribution in [0.3, 0.4) is 0 Å². The molecule has 3 aliphatic rings. The summed E-state index contributed by atoms with van der Waals surface area (Å²) in [7, 11) is 0. The van der Waals surface area contributed by atoms with Crippen LogP contribution in [-0.2, 0) is 14.3 Å². The molecule has 0 saturated heterocycles. The van der Waals surface area contributed by atoms with E-state index in [1.807, 2.05) is 12.2 Å². The number of carbonyl (C=O) groups is 1. The first-order valence-corrected chi connectivity index (χ1v) is 7.87. The lowest BCUT2D eigenvalue weighted by Gasteiger charge is -2.26. The van der Waals surface area contributed by atoms with Gasteiger partial charge in [-0.15, -0.1) is 0 Å². The number of fused-ring (bicyclic) bond motifs is 2. The topological polar surface area (TPSA) is 55.8 Å². The van der Waals surface area contributed by atoms with E-state index in [-0.39, 0.29) is 29.8 Å². The van der Waals surface area contributed by atoms with E-state index in [9.17, 15) is 9.90 Å². The van der Waals surface area contributed by atoms with Gasteiger partial charge in [0.05, 0.1) is 18.1 Å². The highest BCUT2D eigenvalue weighted by molar-refractivity contribution is 5.74. The molecule has 1 N–H and O–H groups in total. The third-order valence-corrected chi connectivity index (χ3v) is 4.93. The molecule has 5 atom stereocenters. The summed E-state index contributed by atoms with van der Waals surface area (Å²) < 4.78 is 11.2. The van der Waals surface area contributed by atoms with E-state index in [0.717, 1.165) is 12.8 Å². The minimum atomic E-state index is -0.481. The van der Waals surface area contributed by atoms with Gasteiger partial charge in [0.2, 0.25) is 0 Å². The highest BCUT2D eigenvalue weighted by Crippen LogP contribution is 2.44. The molecule has 0 spiro atoms. The van der Waals surface area contributed by atoms with Crippen molar-refractivity contribution in [1.29, 1.82) is 0 Å². The molecule has 0 aromatic rings. The van der Waals surface area contributed by atoms with Crippen molar-refractivity contribution in [3.8, 4) is 0 Å². The summed E-state index contributed by atoms with van der Waals surface area (Å²) in [6, 6.07) is 0. The Hall–Kier alpha value is -0.870. The molecule has 0 amide bonds. The Bertz CT molecular complexity index is 386. The van der Waals surface area contributed by atoms with E-state index >= 15 is 0 Å². The minimum absolute atomic E-state index is 0.0608. The monoisotopic (exact) mass is 280 g/mol. The van der Waals surface area contributed by atoms with Crippen LogP contribution < -0.4 is 0 Å². The highest BCUT2D eigenvalue weighted by Gasteiger charge is 2.48. The second-order valence-electron chi connectivity index (χ2n) is 6.36. The molecule has 0 heterocycles. The van der Waals surface area contributed by atoms with Crippen LogP contribution in [0.2, 0.25) is 0 Å². The number of hydrogen-bond donors (Lipinski definition) is 1. The summed E-state index contributed by atoms with van der Waals surface area (Å²) in [5.41, 5.74) is 0. The van der Waals surface area contributed by atoms with Crippen molar-refractivity contribution >= 4 is 5.97 Å². The molecule has 5 unspecified atom stereocenters. The molecule has 112 valence electrons. The number of carbonyl (C=O) groups excluding carboxylic acids is 1. The van der Waals surface area contributed by atoms with Gasteiger partial charge in [-0.3, -0.25) is 4.79 Å². The second kappa shape index (κ2) is 5.86. The molecule has 0 aromatic heterocycles. The molecule has 0 aromatic carbocycles. The summed E-state index contributed by atoms with van der Waals surface area (Å²) in [4.78, 5) is 12.2. The Labute approximate surface area is 120 Å². The molecule has 2 saturated carbocycles. The standard InChI is InChI=1S/C16H24O4/c1-10(19-12-5-3-2-4-6-12)20-16(18)14-9-11-7-8-13(14)15(11)17/h7-8,10-15,17H,2-6,9H2,1H3. The third kappa shape index (κ3) is 2.77. The molecular weight excluding hydrogens is 256 g/mol. The van der Waals surface area contributed by atoms with E-state index in [2.05, 4.69) is 0 Å². The zero-order valence-electron chi connectivity index (χ0n) is 12.0. The zero-order valence-corrected chi connectivity index (χ0v) is 12.0. The normalized spacial score (nSPS) is 38.1. The number of rotatable bonds is 4. The predicted molar refractivity (Wildman–Crippen MR) is 73.7 cm³/mol. The molecule has 2 bridgehead atoms. The van der Waals surface area contributed by atoms with Gasteiger partial charge in [-0.05, 0) is 26.2 Å². The van der Waals surface area contributed by atoms with Crippen LogP contribution in [0.15, 0.2) is 12.2 Å². The van der Waals surface area contributed by atoms with Gasteiger partial charge >= 0.3 is 5.97 Å². The van der Waals surface area contributed by atoms with Crippen molar-refractivity contribution in [2.24, 2.45) is 17.8 Å². The van der Waals surface area contributed by atoms with Crippen molar-refractivity contribution in [3.05, 3.63) is 12.2 Å². The van der Waals surface area contributed by atoms with Crippen molar-refractivity contribution in [2.45, 2.75) is 63.9 Å². The maximum absolute atomic E-state index is 12.2. The fraction of sp³-hybridized carbons (Fsp3) is 0.812. The van der Waals surface area contributed by atoms with Crippen molar-refractivity contribution in [1.82, 2.24) is 0 Å². The van der Waals surface area contributed by atoms with Crippen LogP contribution in [0.4, 0.5) is 0 Å². The Kier molecular flexibility index (Phi) is 4.13. The Morgan fingerprint density at radius 1 is 1.25 bits per heavy atom. The summed E-state index contributed by atoms with van der Waals surface area (Å²) in [6.07, 6.45) is 9.85. The Balaban J connectivity index is 1.48. The molecule has 4 nitrogen and oxygen atoms in total. The summed E-state index contributed by atoms with van der Waals surface area (Å²) in [5, 5.41) is 9.94. The molecule has 4 heteroatoms. The maximum atomic E-state index is 12.2. The van der Waals surface area contributed by atoms with E-state index in [0.29, 0.717) is 6.42 Å². The first-order chi connectivity index (χ1) is 9.65. The summed E-state index contributed by atoms with van der Waals surface area (Å²) in [6.45, 7) is 1.80. The van der Waals surface area contributed by atoms with Gasteiger partial charge < -0.3 is 14.6 Å². The van der Waals surface area contributed by atoms with E-state index in [4.69, 9.17) is 9.47 Å². The van der Waals surface area contributed by atoms with E-state index < -0.39 is 12.4 Å². The van der Waals surface area contributed by atoms with Gasteiger partial charge in [0.15, 0.2) is 6.29 Å². The van der Waals surface area contributed by atoms with Gasteiger partial charge in [0.1, 0.15) is 0 Å². The minimum Gasteiger partial charge on any atom is -0.436 e. The zero-order chi connectivity index (χ0) is 14.1. The Morgan fingerprint density at radius 2 is 2.00 bits per heavy atom.